The first-order valence-corrected chi connectivity index (χ1v) is 8.65. The summed E-state index contributed by atoms with van der Waals surface area (Å²) < 4.78 is 0.886. The zero-order valence-electron chi connectivity index (χ0n) is 13.0. The molecule has 2 aromatic carbocycles. The van der Waals surface area contributed by atoms with Gasteiger partial charge in [0.2, 0.25) is 0 Å². The summed E-state index contributed by atoms with van der Waals surface area (Å²) in [6, 6.07) is 16.7. The zero-order chi connectivity index (χ0) is 17.8. The van der Waals surface area contributed by atoms with Gasteiger partial charge in [0.25, 0.3) is 11.8 Å². The van der Waals surface area contributed by atoms with Gasteiger partial charge in [-0.15, -0.1) is 0 Å². The molecule has 1 heterocycles. The lowest BCUT2D eigenvalue weighted by atomic mass is 10.1. The second kappa shape index (κ2) is 7.55. The van der Waals surface area contributed by atoms with Crippen molar-refractivity contribution in [2.75, 3.05) is 4.90 Å². The number of nitrogens with one attached hydrogen (secondary N) is 1. The number of anilines is 1. The molecule has 0 bridgehead atoms. The summed E-state index contributed by atoms with van der Waals surface area (Å²) in [4.78, 5) is 26.2. The van der Waals surface area contributed by atoms with Crippen molar-refractivity contribution >= 4 is 56.8 Å². The van der Waals surface area contributed by atoms with Crippen LogP contribution in [0.1, 0.15) is 5.56 Å². The summed E-state index contributed by atoms with van der Waals surface area (Å²) in [5, 5.41) is 2.63. The van der Waals surface area contributed by atoms with E-state index < -0.39 is 11.8 Å². The minimum atomic E-state index is -0.499. The molecule has 3 rings (SSSR count). The van der Waals surface area contributed by atoms with Crippen LogP contribution < -0.4 is 10.2 Å². The van der Waals surface area contributed by atoms with E-state index >= 15 is 0 Å². The first kappa shape index (κ1) is 17.3. The maximum Gasteiger partial charge on any atom is 0.270 e. The highest BCUT2D eigenvalue weighted by atomic mass is 79.9. The van der Waals surface area contributed by atoms with E-state index in [1.807, 2.05) is 36.4 Å². The summed E-state index contributed by atoms with van der Waals surface area (Å²) in [6.07, 6.45) is 5.00. The van der Waals surface area contributed by atoms with Crippen LogP contribution in [0, 0.1) is 0 Å². The number of rotatable bonds is 3. The topological polar surface area (TPSA) is 49.4 Å². The van der Waals surface area contributed by atoms with Gasteiger partial charge >= 0.3 is 0 Å². The smallest absolute Gasteiger partial charge is 0.270 e. The van der Waals surface area contributed by atoms with Crippen LogP contribution in [0.5, 0.6) is 0 Å². The molecule has 1 N–H and O–H groups in total. The van der Waals surface area contributed by atoms with E-state index in [9.17, 15) is 9.59 Å². The monoisotopic (exact) mass is 412 g/mol. The summed E-state index contributed by atoms with van der Waals surface area (Å²) >= 11 is 8.51. The fourth-order valence-corrected chi connectivity index (χ4v) is 2.87. The molecule has 6 heteroatoms. The molecule has 1 aliphatic heterocycles. The number of hydrogen-bond acceptors (Lipinski definition) is 3. The number of allylic oxidation sites excluding steroid dienone is 2. The molecule has 1 fully saturated rings. The first-order chi connectivity index (χ1) is 12.1. The van der Waals surface area contributed by atoms with Crippen molar-refractivity contribution < 1.29 is 9.59 Å². The Morgan fingerprint density at radius 3 is 2.36 bits per heavy atom. The molecule has 4 nitrogen and oxygen atoms in total. The Kier molecular flexibility index (Phi) is 5.21. The zero-order valence-corrected chi connectivity index (χ0v) is 15.4. The molecule has 0 radical (unpaired) electrons. The highest BCUT2D eigenvalue weighted by molar-refractivity contribution is 9.10. The normalized spacial score (nSPS) is 16.6. The molecule has 0 aliphatic carbocycles. The highest BCUT2D eigenvalue weighted by Gasteiger charge is 2.33. The lowest BCUT2D eigenvalue weighted by molar-refractivity contribution is -0.122. The van der Waals surface area contributed by atoms with Gasteiger partial charge in [-0.2, -0.15) is 0 Å². The standard InChI is InChI=1S/C19H13BrN2O2S/c20-14-9-11-15(12-10-14)22-18(24)16(17(23)21-19(22)25)8-4-7-13-5-2-1-3-6-13/h1-12H,(H,21,23,25). The maximum absolute atomic E-state index is 12.7. The van der Waals surface area contributed by atoms with Crippen molar-refractivity contribution in [3.05, 3.63) is 82.4 Å². The predicted molar refractivity (Wildman–Crippen MR) is 106 cm³/mol. The van der Waals surface area contributed by atoms with Gasteiger partial charge in [0.05, 0.1) is 5.69 Å². The molecule has 0 aromatic heterocycles. The average molecular weight is 413 g/mol. The highest BCUT2D eigenvalue weighted by Crippen LogP contribution is 2.22. The number of amides is 2. The van der Waals surface area contributed by atoms with E-state index in [1.54, 1.807) is 30.3 Å². The molecule has 0 unspecified atom stereocenters. The van der Waals surface area contributed by atoms with Gasteiger partial charge in [0.15, 0.2) is 5.11 Å². The second-order valence-electron chi connectivity index (χ2n) is 5.23. The Morgan fingerprint density at radius 2 is 1.68 bits per heavy atom. The van der Waals surface area contributed by atoms with Crippen molar-refractivity contribution in [2.24, 2.45) is 0 Å². The number of carbonyl (C=O) groups is 2. The van der Waals surface area contributed by atoms with Crippen LogP contribution in [-0.4, -0.2) is 16.9 Å². The lowest BCUT2D eigenvalue weighted by Gasteiger charge is -2.28. The molecule has 25 heavy (non-hydrogen) atoms. The fraction of sp³-hybridized carbons (Fsp3) is 0. The number of hydrogen-bond donors (Lipinski definition) is 1. The van der Waals surface area contributed by atoms with Crippen LogP contribution in [0.25, 0.3) is 6.08 Å². The van der Waals surface area contributed by atoms with E-state index in [0.717, 1.165) is 10.0 Å². The number of benzene rings is 2. The van der Waals surface area contributed by atoms with E-state index in [1.165, 1.54) is 11.0 Å². The van der Waals surface area contributed by atoms with Crippen LogP contribution in [0.15, 0.2) is 76.8 Å². The largest absolute Gasteiger partial charge is 0.298 e. The molecule has 0 saturated carbocycles. The Morgan fingerprint density at radius 1 is 1.00 bits per heavy atom. The maximum atomic E-state index is 12.7. The van der Waals surface area contributed by atoms with Gasteiger partial charge < -0.3 is 0 Å². The third-order valence-electron chi connectivity index (χ3n) is 3.54. The van der Waals surface area contributed by atoms with Gasteiger partial charge in [-0.05, 0) is 48.1 Å². The molecular weight excluding hydrogens is 400 g/mol. The summed E-state index contributed by atoms with van der Waals surface area (Å²) in [5.41, 5.74) is 1.60. The molecule has 1 aliphatic rings. The van der Waals surface area contributed by atoms with Gasteiger partial charge in [-0.1, -0.05) is 58.4 Å². The van der Waals surface area contributed by atoms with Gasteiger partial charge in [-0.3, -0.25) is 19.8 Å². The number of halogens is 1. The fourth-order valence-electron chi connectivity index (χ4n) is 2.32. The molecular formula is C19H13BrN2O2S. The van der Waals surface area contributed by atoms with E-state index in [4.69, 9.17) is 12.2 Å². The van der Waals surface area contributed by atoms with Gasteiger partial charge in [0, 0.05) is 4.47 Å². The average Bonchev–Trinajstić information content (AvgIpc) is 2.60. The predicted octanol–water partition coefficient (Wildman–Crippen LogP) is 3.84. The van der Waals surface area contributed by atoms with Crippen LogP contribution in [0.4, 0.5) is 5.69 Å². The lowest BCUT2D eigenvalue weighted by Crippen LogP contribution is -2.54. The van der Waals surface area contributed by atoms with Crippen molar-refractivity contribution in [1.82, 2.24) is 5.32 Å². The molecule has 2 aromatic rings. The van der Waals surface area contributed by atoms with Gasteiger partial charge in [-0.25, -0.2) is 0 Å². The molecule has 124 valence electrons. The molecule has 2 amide bonds. The van der Waals surface area contributed by atoms with Crippen molar-refractivity contribution in [3.8, 4) is 0 Å². The van der Waals surface area contributed by atoms with E-state index in [2.05, 4.69) is 21.2 Å². The third-order valence-corrected chi connectivity index (χ3v) is 4.35. The Bertz CT molecular complexity index is 889. The van der Waals surface area contributed by atoms with Crippen LogP contribution >= 0.6 is 28.1 Å². The Hall–Kier alpha value is -2.57. The Balaban J connectivity index is 1.88. The van der Waals surface area contributed by atoms with Gasteiger partial charge in [0.1, 0.15) is 5.57 Å². The minimum absolute atomic E-state index is 0.0312. The summed E-state index contributed by atoms with van der Waals surface area (Å²) in [7, 11) is 0. The third kappa shape index (κ3) is 3.92. The van der Waals surface area contributed by atoms with Crippen LogP contribution in [0.3, 0.4) is 0 Å². The first-order valence-electron chi connectivity index (χ1n) is 7.45. The minimum Gasteiger partial charge on any atom is -0.298 e. The summed E-state index contributed by atoms with van der Waals surface area (Å²) in [6.45, 7) is 0. The molecule has 0 atom stereocenters. The quantitative estimate of drug-likeness (QED) is 0.473. The SMILES string of the molecule is O=C1NC(=S)N(c2ccc(Br)cc2)C(=O)C1=CC=Cc1ccccc1. The van der Waals surface area contributed by atoms with Crippen molar-refractivity contribution in [1.29, 1.82) is 0 Å². The van der Waals surface area contributed by atoms with E-state index in [0.29, 0.717) is 5.69 Å². The molecule has 1 saturated heterocycles. The van der Waals surface area contributed by atoms with E-state index in [-0.39, 0.29) is 10.7 Å². The van der Waals surface area contributed by atoms with Crippen LogP contribution in [-0.2, 0) is 9.59 Å². The van der Waals surface area contributed by atoms with Crippen LogP contribution in [0.2, 0.25) is 0 Å². The second-order valence-corrected chi connectivity index (χ2v) is 6.53. The Labute approximate surface area is 159 Å². The molecule has 0 spiro atoms. The number of thiocarbonyl (C=S) groups is 1. The summed E-state index contributed by atoms with van der Waals surface area (Å²) in [5.74, 6) is -0.949. The number of nitrogens with zero attached hydrogens (tertiary/aromatic N) is 1. The van der Waals surface area contributed by atoms with Crippen molar-refractivity contribution in [3.63, 3.8) is 0 Å². The number of carbonyl (C=O) groups excluding carboxylic acids is 2. The van der Waals surface area contributed by atoms with Crippen molar-refractivity contribution in [2.45, 2.75) is 0 Å².